The van der Waals surface area contributed by atoms with Gasteiger partial charge in [0.15, 0.2) is 0 Å². The lowest BCUT2D eigenvalue weighted by atomic mass is 10.0. The molecule has 0 bridgehead atoms. The smallest absolute Gasteiger partial charge is 0.331 e. The minimum Gasteiger partial charge on any atom is -0.480 e. The van der Waals surface area contributed by atoms with Crippen molar-refractivity contribution in [1.29, 1.82) is 0 Å². The van der Waals surface area contributed by atoms with Gasteiger partial charge in [0, 0.05) is 12.7 Å². The van der Waals surface area contributed by atoms with Crippen LogP contribution in [-0.2, 0) is 16.1 Å². The summed E-state index contributed by atoms with van der Waals surface area (Å²) in [6, 6.07) is -0.421. The quantitative estimate of drug-likeness (QED) is 0.713. The molecule has 122 valence electrons. The predicted octanol–water partition coefficient (Wildman–Crippen LogP) is -0.203. The van der Waals surface area contributed by atoms with Crippen LogP contribution in [0.25, 0.3) is 0 Å². The molecular formula is C13H18BrN3O5. The van der Waals surface area contributed by atoms with Gasteiger partial charge in [0.25, 0.3) is 5.56 Å². The van der Waals surface area contributed by atoms with Crippen molar-refractivity contribution in [3.63, 3.8) is 0 Å². The summed E-state index contributed by atoms with van der Waals surface area (Å²) in [5.74, 6) is -1.15. The normalized spacial score (nSPS) is 17.8. The summed E-state index contributed by atoms with van der Waals surface area (Å²) >= 11 is 3.08. The molecule has 0 unspecified atom stereocenters. The number of carboxylic acid groups (broad SMARTS) is 1. The Labute approximate surface area is 134 Å². The third-order valence-electron chi connectivity index (χ3n) is 3.56. The maximum Gasteiger partial charge on any atom is 0.331 e. The summed E-state index contributed by atoms with van der Waals surface area (Å²) in [7, 11) is 0. The number of carbonyl (C=O) groups is 1. The van der Waals surface area contributed by atoms with Crippen molar-refractivity contribution in [2.75, 3.05) is 19.8 Å². The standard InChI is InChI=1S/C13H18BrN3O5/c1-8(3-15-13(2)6-22-7-13)17-11(20)9(14)4-16(12(17)21)5-10(18)19/h4,8,15H,3,5-7H2,1-2H3,(H,18,19)/t8-/m0/s1. The number of carboxylic acids is 1. The maximum absolute atomic E-state index is 12.3. The Balaban J connectivity index is 2.28. The molecule has 1 saturated heterocycles. The highest BCUT2D eigenvalue weighted by molar-refractivity contribution is 9.10. The van der Waals surface area contributed by atoms with Crippen LogP contribution in [0.3, 0.4) is 0 Å². The molecule has 2 rings (SSSR count). The van der Waals surface area contributed by atoms with Gasteiger partial charge in [-0.2, -0.15) is 0 Å². The molecule has 1 aliphatic heterocycles. The maximum atomic E-state index is 12.3. The van der Waals surface area contributed by atoms with E-state index >= 15 is 0 Å². The second-order valence-electron chi connectivity index (χ2n) is 5.74. The molecule has 0 aromatic carbocycles. The summed E-state index contributed by atoms with van der Waals surface area (Å²) in [4.78, 5) is 35.3. The number of aliphatic carboxylic acids is 1. The van der Waals surface area contributed by atoms with E-state index in [9.17, 15) is 14.4 Å². The van der Waals surface area contributed by atoms with Crippen LogP contribution in [0.5, 0.6) is 0 Å². The molecule has 9 heteroatoms. The molecule has 0 aliphatic carbocycles. The lowest BCUT2D eigenvalue weighted by Crippen LogP contribution is -2.59. The highest BCUT2D eigenvalue weighted by Gasteiger charge is 2.33. The number of ether oxygens (including phenoxy) is 1. The number of aromatic nitrogens is 2. The summed E-state index contributed by atoms with van der Waals surface area (Å²) in [5.41, 5.74) is -1.26. The largest absolute Gasteiger partial charge is 0.480 e. The first-order chi connectivity index (χ1) is 10.2. The number of nitrogens with one attached hydrogen (secondary N) is 1. The minimum absolute atomic E-state index is 0.149. The minimum atomic E-state index is -1.15. The molecule has 2 N–H and O–H groups in total. The summed E-state index contributed by atoms with van der Waals surface area (Å²) in [5, 5.41) is 12.1. The monoisotopic (exact) mass is 375 g/mol. The van der Waals surface area contributed by atoms with Gasteiger partial charge in [-0.3, -0.25) is 18.7 Å². The van der Waals surface area contributed by atoms with E-state index in [0.717, 1.165) is 9.13 Å². The van der Waals surface area contributed by atoms with Gasteiger partial charge in [0.1, 0.15) is 6.54 Å². The van der Waals surface area contributed by atoms with Gasteiger partial charge < -0.3 is 15.2 Å². The lowest BCUT2D eigenvalue weighted by molar-refractivity contribution is -0.137. The fourth-order valence-electron chi connectivity index (χ4n) is 2.23. The third kappa shape index (κ3) is 3.47. The second-order valence-corrected chi connectivity index (χ2v) is 6.59. The molecular weight excluding hydrogens is 358 g/mol. The Kier molecular flexibility index (Phi) is 4.88. The van der Waals surface area contributed by atoms with Crippen LogP contribution in [0.4, 0.5) is 0 Å². The molecule has 0 spiro atoms. The van der Waals surface area contributed by atoms with Crippen molar-refractivity contribution in [2.24, 2.45) is 0 Å². The van der Waals surface area contributed by atoms with E-state index in [-0.39, 0.29) is 10.0 Å². The van der Waals surface area contributed by atoms with Gasteiger partial charge in [-0.25, -0.2) is 4.79 Å². The van der Waals surface area contributed by atoms with E-state index in [1.807, 2.05) is 6.92 Å². The van der Waals surface area contributed by atoms with E-state index in [4.69, 9.17) is 9.84 Å². The zero-order valence-electron chi connectivity index (χ0n) is 12.3. The van der Waals surface area contributed by atoms with Gasteiger partial charge >= 0.3 is 11.7 Å². The van der Waals surface area contributed by atoms with Crippen LogP contribution < -0.4 is 16.6 Å². The average molecular weight is 376 g/mol. The Bertz CT molecular complexity index is 692. The van der Waals surface area contributed by atoms with E-state index in [0.29, 0.717) is 19.8 Å². The Hall–Kier alpha value is -1.45. The fraction of sp³-hybridized carbons (Fsp3) is 0.615. The summed E-state index contributed by atoms with van der Waals surface area (Å²) in [6.45, 7) is 4.79. The molecule has 0 amide bonds. The molecule has 8 nitrogen and oxygen atoms in total. The summed E-state index contributed by atoms with van der Waals surface area (Å²) < 4.78 is 7.34. The van der Waals surface area contributed by atoms with Crippen molar-refractivity contribution >= 4 is 21.9 Å². The summed E-state index contributed by atoms with van der Waals surface area (Å²) in [6.07, 6.45) is 1.20. The Morgan fingerprint density at radius 1 is 1.55 bits per heavy atom. The molecule has 1 aromatic heterocycles. The van der Waals surface area contributed by atoms with E-state index < -0.39 is 29.8 Å². The van der Waals surface area contributed by atoms with Crippen LogP contribution in [0, 0.1) is 0 Å². The number of halogens is 1. The van der Waals surface area contributed by atoms with Crippen molar-refractivity contribution in [1.82, 2.24) is 14.5 Å². The molecule has 1 aromatic rings. The second kappa shape index (κ2) is 6.35. The average Bonchev–Trinajstić information content (AvgIpc) is 2.40. The first kappa shape index (κ1) is 16.9. The highest BCUT2D eigenvalue weighted by atomic mass is 79.9. The highest BCUT2D eigenvalue weighted by Crippen LogP contribution is 2.16. The van der Waals surface area contributed by atoms with Gasteiger partial charge in [-0.15, -0.1) is 0 Å². The molecule has 2 heterocycles. The van der Waals surface area contributed by atoms with E-state index in [1.54, 1.807) is 6.92 Å². The molecule has 22 heavy (non-hydrogen) atoms. The van der Waals surface area contributed by atoms with Gasteiger partial charge in [0.05, 0.1) is 29.3 Å². The zero-order chi connectivity index (χ0) is 16.5. The predicted molar refractivity (Wildman–Crippen MR) is 82.2 cm³/mol. The number of hydrogen-bond donors (Lipinski definition) is 2. The van der Waals surface area contributed by atoms with Crippen LogP contribution in [-0.4, -0.2) is 45.5 Å². The third-order valence-corrected chi connectivity index (χ3v) is 4.10. The van der Waals surface area contributed by atoms with E-state index in [2.05, 4.69) is 21.2 Å². The van der Waals surface area contributed by atoms with Crippen molar-refractivity contribution < 1.29 is 14.6 Å². The lowest BCUT2D eigenvalue weighted by Gasteiger charge is -2.39. The van der Waals surface area contributed by atoms with Gasteiger partial charge in [-0.1, -0.05) is 0 Å². The van der Waals surface area contributed by atoms with Gasteiger partial charge in [0.2, 0.25) is 0 Å². The van der Waals surface area contributed by atoms with Gasteiger partial charge in [-0.05, 0) is 29.8 Å². The Morgan fingerprint density at radius 3 is 2.68 bits per heavy atom. The van der Waals surface area contributed by atoms with Crippen LogP contribution in [0.15, 0.2) is 20.3 Å². The number of hydrogen-bond acceptors (Lipinski definition) is 5. The van der Waals surface area contributed by atoms with Crippen LogP contribution in [0.1, 0.15) is 19.9 Å². The first-order valence-electron chi connectivity index (χ1n) is 6.79. The molecule has 1 atom stereocenters. The van der Waals surface area contributed by atoms with Crippen molar-refractivity contribution in [3.8, 4) is 0 Å². The molecule has 1 fully saturated rings. The molecule has 1 aliphatic rings. The van der Waals surface area contributed by atoms with Crippen LogP contribution >= 0.6 is 15.9 Å². The molecule has 0 radical (unpaired) electrons. The molecule has 0 saturated carbocycles. The number of rotatable bonds is 6. The first-order valence-corrected chi connectivity index (χ1v) is 7.59. The Morgan fingerprint density at radius 2 is 2.18 bits per heavy atom. The topological polar surface area (TPSA) is 103 Å². The van der Waals surface area contributed by atoms with Crippen molar-refractivity contribution in [3.05, 3.63) is 31.5 Å². The van der Waals surface area contributed by atoms with Crippen molar-refractivity contribution in [2.45, 2.75) is 32.0 Å². The zero-order valence-corrected chi connectivity index (χ0v) is 13.9. The number of nitrogens with zero attached hydrogens (tertiary/aromatic N) is 2. The van der Waals surface area contributed by atoms with Crippen LogP contribution in [0.2, 0.25) is 0 Å². The fourth-order valence-corrected chi connectivity index (χ4v) is 2.67. The SMILES string of the molecule is C[C@@H](CNC1(C)COC1)n1c(=O)c(Br)cn(CC(=O)O)c1=O. The van der Waals surface area contributed by atoms with E-state index in [1.165, 1.54) is 6.20 Å².